The average Bonchev–Trinajstić information content (AvgIpc) is 2.58. The van der Waals surface area contributed by atoms with Gasteiger partial charge in [-0.1, -0.05) is 31.9 Å². The van der Waals surface area contributed by atoms with Gasteiger partial charge in [-0.3, -0.25) is 9.59 Å². The van der Waals surface area contributed by atoms with Crippen molar-refractivity contribution in [2.24, 2.45) is 0 Å². The van der Waals surface area contributed by atoms with E-state index in [2.05, 4.69) is 17.6 Å². The monoisotopic (exact) mass is 324 g/mol. The van der Waals surface area contributed by atoms with Gasteiger partial charge in [-0.15, -0.1) is 0 Å². The Balaban J connectivity index is 1.93. The molecule has 0 atom stereocenters. The van der Waals surface area contributed by atoms with Crippen LogP contribution in [0.1, 0.15) is 52.5 Å². The lowest BCUT2D eigenvalue weighted by molar-refractivity contribution is 0.0951. The summed E-state index contributed by atoms with van der Waals surface area (Å²) in [5.74, 6) is -0.285. The third kappa shape index (κ3) is 5.23. The van der Waals surface area contributed by atoms with E-state index in [4.69, 9.17) is 0 Å². The number of benzene rings is 2. The van der Waals surface area contributed by atoms with E-state index in [1.54, 1.807) is 24.3 Å². The maximum absolute atomic E-state index is 12.2. The van der Waals surface area contributed by atoms with E-state index in [0.29, 0.717) is 17.7 Å². The number of anilines is 1. The maximum atomic E-state index is 12.2. The van der Waals surface area contributed by atoms with Crippen molar-refractivity contribution >= 4 is 17.5 Å². The fraction of sp³-hybridized carbons (Fsp3) is 0.300. The fourth-order valence-corrected chi connectivity index (χ4v) is 2.38. The largest absolute Gasteiger partial charge is 0.352 e. The van der Waals surface area contributed by atoms with Crippen LogP contribution in [0.2, 0.25) is 0 Å². The van der Waals surface area contributed by atoms with Crippen molar-refractivity contribution in [2.75, 3.05) is 11.9 Å². The summed E-state index contributed by atoms with van der Waals surface area (Å²) < 4.78 is 0. The van der Waals surface area contributed by atoms with E-state index in [-0.39, 0.29) is 11.8 Å². The molecule has 4 nitrogen and oxygen atoms in total. The Morgan fingerprint density at radius 2 is 1.58 bits per heavy atom. The summed E-state index contributed by atoms with van der Waals surface area (Å²) >= 11 is 0. The first-order valence-corrected chi connectivity index (χ1v) is 8.36. The van der Waals surface area contributed by atoms with E-state index in [9.17, 15) is 9.59 Å². The minimum Gasteiger partial charge on any atom is -0.352 e. The van der Waals surface area contributed by atoms with Gasteiger partial charge >= 0.3 is 0 Å². The van der Waals surface area contributed by atoms with Crippen molar-refractivity contribution in [1.29, 1.82) is 0 Å². The van der Waals surface area contributed by atoms with E-state index in [1.807, 2.05) is 31.2 Å². The Bertz CT molecular complexity index is 693. The summed E-state index contributed by atoms with van der Waals surface area (Å²) in [7, 11) is 0. The number of nitrogens with one attached hydrogen (secondary N) is 2. The molecule has 2 rings (SSSR count). The Hall–Kier alpha value is -2.62. The molecule has 0 saturated heterocycles. The standard InChI is InChI=1S/C20H24N2O2/c1-3-4-5-13-21-19(23)16-9-11-17(12-10-16)20(24)22-18-8-6-7-15(2)14-18/h6-12,14H,3-5,13H2,1-2H3,(H,21,23)(H,22,24). The number of amides is 2. The van der Waals surface area contributed by atoms with Gasteiger partial charge in [0.05, 0.1) is 0 Å². The molecule has 0 aliphatic heterocycles. The second-order valence-electron chi connectivity index (χ2n) is 5.86. The average molecular weight is 324 g/mol. The molecule has 0 radical (unpaired) electrons. The van der Waals surface area contributed by atoms with Gasteiger partial charge in [-0.25, -0.2) is 0 Å². The molecule has 0 bridgehead atoms. The second-order valence-corrected chi connectivity index (χ2v) is 5.86. The van der Waals surface area contributed by atoms with Crippen LogP contribution in [0.4, 0.5) is 5.69 Å². The Morgan fingerprint density at radius 1 is 0.917 bits per heavy atom. The highest BCUT2D eigenvalue weighted by atomic mass is 16.2. The number of hydrogen-bond acceptors (Lipinski definition) is 2. The molecule has 126 valence electrons. The van der Waals surface area contributed by atoms with Crippen molar-refractivity contribution in [3.8, 4) is 0 Å². The maximum Gasteiger partial charge on any atom is 0.255 e. The summed E-state index contributed by atoms with van der Waals surface area (Å²) in [4.78, 5) is 24.2. The van der Waals surface area contributed by atoms with Crippen LogP contribution in [-0.4, -0.2) is 18.4 Å². The third-order valence-electron chi connectivity index (χ3n) is 3.75. The lowest BCUT2D eigenvalue weighted by Gasteiger charge is -2.08. The topological polar surface area (TPSA) is 58.2 Å². The zero-order chi connectivity index (χ0) is 17.4. The minimum absolute atomic E-state index is 0.100. The molecule has 24 heavy (non-hydrogen) atoms. The molecule has 0 aromatic heterocycles. The molecule has 0 fully saturated rings. The molecule has 0 unspecified atom stereocenters. The minimum atomic E-state index is -0.185. The number of rotatable bonds is 7. The second kappa shape index (κ2) is 8.87. The van der Waals surface area contributed by atoms with Crippen molar-refractivity contribution in [3.63, 3.8) is 0 Å². The lowest BCUT2D eigenvalue weighted by atomic mass is 10.1. The number of unbranched alkanes of at least 4 members (excludes halogenated alkanes) is 2. The summed E-state index contributed by atoms with van der Waals surface area (Å²) in [6.07, 6.45) is 3.22. The molecular formula is C20H24N2O2. The van der Waals surface area contributed by atoms with Gasteiger partial charge in [0.15, 0.2) is 0 Å². The summed E-state index contributed by atoms with van der Waals surface area (Å²) in [5, 5.41) is 5.75. The quantitative estimate of drug-likeness (QED) is 0.751. The molecule has 2 amide bonds. The van der Waals surface area contributed by atoms with Crippen LogP contribution in [0.3, 0.4) is 0 Å². The highest BCUT2D eigenvalue weighted by Gasteiger charge is 2.09. The number of carbonyl (C=O) groups excluding carboxylic acids is 2. The molecule has 2 N–H and O–H groups in total. The van der Waals surface area contributed by atoms with Gasteiger partial charge < -0.3 is 10.6 Å². The van der Waals surface area contributed by atoms with E-state index in [0.717, 1.165) is 30.5 Å². The van der Waals surface area contributed by atoms with Gasteiger partial charge in [0.25, 0.3) is 11.8 Å². The smallest absolute Gasteiger partial charge is 0.255 e. The molecule has 4 heteroatoms. The molecule has 0 saturated carbocycles. The number of aryl methyl sites for hydroxylation is 1. The molecule has 2 aromatic rings. The highest BCUT2D eigenvalue weighted by molar-refractivity contribution is 6.05. The van der Waals surface area contributed by atoms with Gasteiger partial charge in [-0.05, 0) is 55.3 Å². The van der Waals surface area contributed by atoms with Crippen molar-refractivity contribution < 1.29 is 9.59 Å². The zero-order valence-electron chi connectivity index (χ0n) is 14.3. The lowest BCUT2D eigenvalue weighted by Crippen LogP contribution is -2.24. The van der Waals surface area contributed by atoms with E-state index < -0.39 is 0 Å². The predicted octanol–water partition coefficient (Wildman–Crippen LogP) is 4.17. The molecular weight excluding hydrogens is 300 g/mol. The van der Waals surface area contributed by atoms with E-state index in [1.165, 1.54) is 0 Å². The first-order valence-electron chi connectivity index (χ1n) is 8.36. The Morgan fingerprint density at radius 3 is 2.21 bits per heavy atom. The summed E-state index contributed by atoms with van der Waals surface area (Å²) in [6.45, 7) is 4.79. The number of hydrogen-bond donors (Lipinski definition) is 2. The van der Waals surface area contributed by atoms with Crippen molar-refractivity contribution in [2.45, 2.75) is 33.1 Å². The van der Waals surface area contributed by atoms with Gasteiger partial charge in [-0.2, -0.15) is 0 Å². The SMILES string of the molecule is CCCCCNC(=O)c1ccc(C(=O)Nc2cccc(C)c2)cc1. The molecule has 0 heterocycles. The third-order valence-corrected chi connectivity index (χ3v) is 3.75. The predicted molar refractivity (Wildman–Crippen MR) is 97.4 cm³/mol. The molecule has 0 aliphatic rings. The van der Waals surface area contributed by atoms with Gasteiger partial charge in [0.1, 0.15) is 0 Å². The summed E-state index contributed by atoms with van der Waals surface area (Å²) in [5.41, 5.74) is 2.94. The number of carbonyl (C=O) groups is 2. The van der Waals surface area contributed by atoms with Crippen LogP contribution in [0.25, 0.3) is 0 Å². The van der Waals surface area contributed by atoms with Crippen molar-refractivity contribution in [3.05, 3.63) is 65.2 Å². The summed E-state index contributed by atoms with van der Waals surface area (Å²) in [6, 6.07) is 14.3. The normalized spacial score (nSPS) is 10.2. The fourth-order valence-electron chi connectivity index (χ4n) is 2.38. The van der Waals surface area contributed by atoms with E-state index >= 15 is 0 Å². The van der Waals surface area contributed by atoms with Crippen LogP contribution in [0.15, 0.2) is 48.5 Å². The molecule has 0 spiro atoms. The Labute approximate surface area is 143 Å². The Kier molecular flexibility index (Phi) is 6.55. The van der Waals surface area contributed by atoms with Crippen molar-refractivity contribution in [1.82, 2.24) is 5.32 Å². The first-order chi connectivity index (χ1) is 11.6. The van der Waals surface area contributed by atoms with Crippen LogP contribution in [0, 0.1) is 6.92 Å². The van der Waals surface area contributed by atoms with Gasteiger partial charge in [0.2, 0.25) is 0 Å². The van der Waals surface area contributed by atoms with Crippen LogP contribution < -0.4 is 10.6 Å². The van der Waals surface area contributed by atoms with Crippen LogP contribution in [0.5, 0.6) is 0 Å². The molecule has 2 aromatic carbocycles. The van der Waals surface area contributed by atoms with Crippen LogP contribution >= 0.6 is 0 Å². The molecule has 0 aliphatic carbocycles. The zero-order valence-corrected chi connectivity index (χ0v) is 14.3. The van der Waals surface area contributed by atoms with Crippen LogP contribution in [-0.2, 0) is 0 Å². The first kappa shape index (κ1) is 17.7. The highest BCUT2D eigenvalue weighted by Crippen LogP contribution is 2.12. The van der Waals surface area contributed by atoms with Gasteiger partial charge in [0, 0.05) is 23.4 Å².